The van der Waals surface area contributed by atoms with E-state index in [-0.39, 0.29) is 6.29 Å². The second-order valence-electron chi connectivity index (χ2n) is 7.60. The van der Waals surface area contributed by atoms with Crippen LogP contribution in [0.15, 0.2) is 12.2 Å². The molecule has 5 N–H and O–H groups in total. The maximum Gasteiger partial charge on any atom is 0.303 e. The third-order valence-electron chi connectivity index (χ3n) is 4.72. The molecule has 0 aliphatic heterocycles. The van der Waals surface area contributed by atoms with Crippen molar-refractivity contribution in [2.75, 3.05) is 6.61 Å². The molecule has 0 heterocycles. The van der Waals surface area contributed by atoms with Gasteiger partial charge in [0.15, 0.2) is 6.29 Å². The number of carboxylic acids is 1. The largest absolute Gasteiger partial charge is 0.481 e. The Morgan fingerprint density at radius 1 is 0.800 bits per heavy atom. The number of allylic oxidation sites excluding steroid dienone is 2. The van der Waals surface area contributed by atoms with E-state index in [0.717, 1.165) is 12.8 Å². The van der Waals surface area contributed by atoms with Crippen LogP contribution < -0.4 is 0 Å². The van der Waals surface area contributed by atoms with Crippen molar-refractivity contribution in [3.8, 4) is 0 Å². The average Bonchev–Trinajstić information content (AvgIpc) is 2.74. The summed E-state index contributed by atoms with van der Waals surface area (Å²) in [5.41, 5.74) is 0. The highest BCUT2D eigenvalue weighted by Gasteiger charge is 2.22. The summed E-state index contributed by atoms with van der Waals surface area (Å²) in [7, 11) is 0. The van der Waals surface area contributed by atoms with E-state index in [9.17, 15) is 9.59 Å². The number of hydrogen-bond acceptors (Lipinski definition) is 6. The van der Waals surface area contributed by atoms with E-state index in [1.807, 2.05) is 0 Å². The van der Waals surface area contributed by atoms with Crippen LogP contribution in [0.1, 0.15) is 96.8 Å². The molecule has 7 nitrogen and oxygen atoms in total. The van der Waals surface area contributed by atoms with Crippen molar-refractivity contribution in [3.05, 3.63) is 12.2 Å². The molecule has 0 amide bonds. The van der Waals surface area contributed by atoms with Crippen LogP contribution in [0.2, 0.25) is 0 Å². The van der Waals surface area contributed by atoms with E-state index in [1.165, 1.54) is 70.6 Å². The van der Waals surface area contributed by atoms with Gasteiger partial charge in [-0.2, -0.15) is 0 Å². The number of aldehydes is 1. The van der Waals surface area contributed by atoms with Crippen LogP contribution in [-0.4, -0.2) is 62.7 Å². The third kappa shape index (κ3) is 23.0. The van der Waals surface area contributed by atoms with Gasteiger partial charge in [-0.1, -0.05) is 70.4 Å². The quantitative estimate of drug-likeness (QED) is 0.120. The first kappa shape index (κ1) is 30.9. The SMILES string of the molecule is CCCCCCCCC=CCCCCCCCC(=O)O.O=C[C@H](O)[C@@H](O)[C@H](O)CO. The van der Waals surface area contributed by atoms with Crippen LogP contribution in [0.5, 0.6) is 0 Å². The van der Waals surface area contributed by atoms with Gasteiger partial charge in [-0.3, -0.25) is 4.79 Å². The number of aliphatic hydroxyl groups is 4. The van der Waals surface area contributed by atoms with E-state index >= 15 is 0 Å². The first-order valence-corrected chi connectivity index (χ1v) is 11.4. The number of unbranched alkanes of at least 4 members (excludes halogenated alkanes) is 11. The highest BCUT2D eigenvalue weighted by Crippen LogP contribution is 2.09. The lowest BCUT2D eigenvalue weighted by molar-refractivity contribution is -0.137. The smallest absolute Gasteiger partial charge is 0.303 e. The van der Waals surface area contributed by atoms with Crippen molar-refractivity contribution >= 4 is 12.3 Å². The summed E-state index contributed by atoms with van der Waals surface area (Å²) in [6.45, 7) is 1.57. The summed E-state index contributed by atoms with van der Waals surface area (Å²) >= 11 is 0. The molecule has 0 saturated carbocycles. The van der Waals surface area contributed by atoms with Crippen molar-refractivity contribution in [1.29, 1.82) is 0 Å². The van der Waals surface area contributed by atoms with Gasteiger partial charge < -0.3 is 30.3 Å². The molecule has 0 fully saturated rings. The van der Waals surface area contributed by atoms with Gasteiger partial charge in [0, 0.05) is 6.42 Å². The number of aliphatic hydroxyl groups excluding tert-OH is 4. The van der Waals surface area contributed by atoms with Gasteiger partial charge in [0.2, 0.25) is 0 Å². The van der Waals surface area contributed by atoms with Crippen LogP contribution in [0.4, 0.5) is 0 Å². The second kappa shape index (κ2) is 24.0. The first-order valence-electron chi connectivity index (χ1n) is 11.4. The molecule has 30 heavy (non-hydrogen) atoms. The van der Waals surface area contributed by atoms with E-state index in [4.69, 9.17) is 25.5 Å². The normalized spacial score (nSPS) is 14.0. The van der Waals surface area contributed by atoms with Crippen molar-refractivity contribution < 1.29 is 35.1 Å². The highest BCUT2D eigenvalue weighted by atomic mass is 16.4. The summed E-state index contributed by atoms with van der Waals surface area (Å²) in [5, 5.41) is 42.6. The van der Waals surface area contributed by atoms with Crippen LogP contribution in [0.3, 0.4) is 0 Å². The zero-order chi connectivity index (χ0) is 23.0. The number of carbonyl (C=O) groups is 2. The van der Waals surface area contributed by atoms with Crippen molar-refractivity contribution in [2.45, 2.75) is 115 Å². The van der Waals surface area contributed by atoms with Crippen molar-refractivity contribution in [2.24, 2.45) is 0 Å². The van der Waals surface area contributed by atoms with E-state index < -0.39 is 30.9 Å². The standard InChI is InChI=1S/C18H34O2.C5H10O5/c1-2-3-4-5-6-7-8-9-10-11-12-13-14-15-16-17-18(19)20;6-1-3(8)5(10)4(9)2-7/h9-10H,2-8,11-17H2,1H3,(H,19,20);1,3-5,7-10H,2H2/t;3-,4+,5+/m.0/s1. The average molecular weight is 433 g/mol. The summed E-state index contributed by atoms with van der Waals surface area (Å²) in [5.74, 6) is -0.664. The maximum absolute atomic E-state index is 10.3. The van der Waals surface area contributed by atoms with Gasteiger partial charge in [-0.05, 0) is 32.1 Å². The lowest BCUT2D eigenvalue weighted by atomic mass is 10.1. The molecule has 0 radical (unpaired) electrons. The Labute approximate surface area is 181 Å². The van der Waals surface area contributed by atoms with Gasteiger partial charge in [0.05, 0.1) is 6.61 Å². The molecular weight excluding hydrogens is 388 g/mol. The molecule has 3 atom stereocenters. The van der Waals surface area contributed by atoms with Gasteiger partial charge in [0.25, 0.3) is 0 Å². The Morgan fingerprint density at radius 3 is 1.70 bits per heavy atom. The van der Waals surface area contributed by atoms with Crippen molar-refractivity contribution in [3.63, 3.8) is 0 Å². The molecule has 0 aliphatic carbocycles. The Morgan fingerprint density at radius 2 is 1.27 bits per heavy atom. The molecule has 0 aliphatic rings. The fraction of sp³-hybridized carbons (Fsp3) is 0.826. The lowest BCUT2D eigenvalue weighted by Gasteiger charge is -2.16. The Kier molecular flexibility index (Phi) is 24.7. The van der Waals surface area contributed by atoms with Crippen LogP contribution >= 0.6 is 0 Å². The number of aliphatic carboxylic acids is 1. The van der Waals surface area contributed by atoms with Gasteiger partial charge in [-0.15, -0.1) is 0 Å². The summed E-state index contributed by atoms with van der Waals surface area (Å²) < 4.78 is 0. The third-order valence-corrected chi connectivity index (χ3v) is 4.72. The molecule has 7 heteroatoms. The van der Waals surface area contributed by atoms with Crippen LogP contribution in [0, 0.1) is 0 Å². The molecule has 0 rings (SSSR count). The first-order chi connectivity index (χ1) is 14.4. The lowest BCUT2D eigenvalue weighted by Crippen LogP contribution is -2.40. The summed E-state index contributed by atoms with van der Waals surface area (Å²) in [6, 6.07) is 0. The molecule has 0 unspecified atom stereocenters. The Balaban J connectivity index is 0. The second-order valence-corrected chi connectivity index (χ2v) is 7.60. The maximum atomic E-state index is 10.3. The predicted molar refractivity (Wildman–Crippen MR) is 118 cm³/mol. The molecule has 0 aromatic heterocycles. The minimum atomic E-state index is -1.64. The Bertz CT molecular complexity index is 412. The zero-order valence-electron chi connectivity index (χ0n) is 18.6. The minimum absolute atomic E-state index is 0.0869. The van der Waals surface area contributed by atoms with Crippen LogP contribution in [0.25, 0.3) is 0 Å². The number of hydrogen-bond donors (Lipinski definition) is 5. The van der Waals surface area contributed by atoms with Gasteiger partial charge in [0.1, 0.15) is 18.3 Å². The number of rotatable bonds is 19. The topological polar surface area (TPSA) is 135 Å². The zero-order valence-corrected chi connectivity index (χ0v) is 18.6. The molecule has 178 valence electrons. The molecule has 0 aromatic rings. The van der Waals surface area contributed by atoms with Gasteiger partial charge >= 0.3 is 5.97 Å². The summed E-state index contributed by atoms with van der Waals surface area (Å²) in [4.78, 5) is 20.1. The molecule has 0 saturated heterocycles. The van der Waals surface area contributed by atoms with Gasteiger partial charge in [-0.25, -0.2) is 0 Å². The Hall–Kier alpha value is -1.28. The molecule has 0 bridgehead atoms. The van der Waals surface area contributed by atoms with E-state index in [0.29, 0.717) is 6.42 Å². The van der Waals surface area contributed by atoms with Crippen LogP contribution in [-0.2, 0) is 9.59 Å². The monoisotopic (exact) mass is 432 g/mol. The molecule has 0 aromatic carbocycles. The number of carboxylic acid groups (broad SMARTS) is 1. The fourth-order valence-electron chi connectivity index (χ4n) is 2.76. The van der Waals surface area contributed by atoms with E-state index in [1.54, 1.807) is 0 Å². The fourth-order valence-corrected chi connectivity index (χ4v) is 2.76. The minimum Gasteiger partial charge on any atom is -0.481 e. The van der Waals surface area contributed by atoms with Crippen molar-refractivity contribution in [1.82, 2.24) is 0 Å². The molecule has 0 spiro atoms. The van der Waals surface area contributed by atoms with E-state index in [2.05, 4.69) is 19.1 Å². The summed E-state index contributed by atoms with van der Waals surface area (Å²) in [6.07, 6.45) is 16.6. The highest BCUT2D eigenvalue weighted by molar-refractivity contribution is 5.66. The molecular formula is C23H44O7. The predicted octanol–water partition coefficient (Wildman–Crippen LogP) is 3.37. The number of carbonyl (C=O) groups excluding carboxylic acids is 1.